The third-order valence-corrected chi connectivity index (χ3v) is 4.78. The van der Waals surface area contributed by atoms with Crippen molar-refractivity contribution in [2.75, 3.05) is 0 Å². The molecule has 0 unspecified atom stereocenters. The van der Waals surface area contributed by atoms with Crippen molar-refractivity contribution in [2.45, 2.75) is 6.54 Å². The average molecular weight is 306 g/mol. The second kappa shape index (κ2) is 5.09. The lowest BCUT2D eigenvalue weighted by Gasteiger charge is -2.11. The van der Waals surface area contributed by atoms with Gasteiger partial charge < -0.3 is 10.8 Å². The summed E-state index contributed by atoms with van der Waals surface area (Å²) in [6.07, 6.45) is 1.89. The van der Waals surface area contributed by atoms with Gasteiger partial charge in [0.15, 0.2) is 0 Å². The number of phenols is 1. The molecule has 2 aromatic heterocycles. The molecule has 0 aliphatic rings. The summed E-state index contributed by atoms with van der Waals surface area (Å²) in [7, 11) is 0. The van der Waals surface area contributed by atoms with E-state index in [4.69, 9.17) is 5.73 Å². The number of rotatable bonds is 2. The number of hydrogen-bond donors (Lipinski definition) is 2. The van der Waals surface area contributed by atoms with Gasteiger partial charge in [0.25, 0.3) is 0 Å². The molecule has 22 heavy (non-hydrogen) atoms. The number of thiophene rings is 1. The first-order valence-corrected chi connectivity index (χ1v) is 7.93. The Labute approximate surface area is 131 Å². The number of phenolic OH excluding ortho intramolecular Hbond substituents is 1. The van der Waals surface area contributed by atoms with Gasteiger partial charge in [0.05, 0.1) is 10.2 Å². The van der Waals surface area contributed by atoms with Crippen molar-refractivity contribution < 1.29 is 5.11 Å². The average Bonchev–Trinajstić information content (AvgIpc) is 3.04. The highest BCUT2D eigenvalue weighted by Crippen LogP contribution is 2.40. The second-order valence-corrected chi connectivity index (χ2v) is 6.16. The Morgan fingerprint density at radius 1 is 1.05 bits per heavy atom. The quantitative estimate of drug-likeness (QED) is 0.581. The van der Waals surface area contributed by atoms with Crippen molar-refractivity contribution in [3.05, 3.63) is 59.6 Å². The van der Waals surface area contributed by atoms with Crippen molar-refractivity contribution in [3.8, 4) is 16.9 Å². The maximum absolute atomic E-state index is 10.4. The molecular formula is C18H14N2OS. The molecule has 4 rings (SSSR count). The van der Waals surface area contributed by atoms with Gasteiger partial charge in [-0.25, -0.2) is 0 Å². The number of hydrogen-bond acceptors (Lipinski definition) is 4. The van der Waals surface area contributed by atoms with Crippen LogP contribution in [0.1, 0.15) is 5.56 Å². The SMILES string of the molecule is NCc1ccc(-c2c(O)ccc3ncc4sccc4c23)cc1. The molecule has 0 aliphatic carbocycles. The predicted molar refractivity (Wildman–Crippen MR) is 92.1 cm³/mol. The maximum Gasteiger partial charge on any atom is 0.124 e. The number of pyridine rings is 1. The Kier molecular flexibility index (Phi) is 3.06. The lowest BCUT2D eigenvalue weighted by molar-refractivity contribution is 0.478. The van der Waals surface area contributed by atoms with E-state index >= 15 is 0 Å². The van der Waals surface area contributed by atoms with Gasteiger partial charge in [-0.1, -0.05) is 24.3 Å². The van der Waals surface area contributed by atoms with Gasteiger partial charge >= 0.3 is 0 Å². The van der Waals surface area contributed by atoms with Gasteiger partial charge in [-0.15, -0.1) is 11.3 Å². The number of aromatic nitrogens is 1. The van der Waals surface area contributed by atoms with Crippen LogP contribution in [0.2, 0.25) is 0 Å². The molecule has 0 spiro atoms. The van der Waals surface area contributed by atoms with E-state index in [9.17, 15) is 5.11 Å². The van der Waals surface area contributed by atoms with Gasteiger partial charge in [-0.3, -0.25) is 4.98 Å². The first kappa shape index (κ1) is 13.2. The summed E-state index contributed by atoms with van der Waals surface area (Å²) < 4.78 is 1.12. The van der Waals surface area contributed by atoms with E-state index in [0.717, 1.165) is 37.7 Å². The smallest absolute Gasteiger partial charge is 0.124 e. The minimum Gasteiger partial charge on any atom is -0.507 e. The second-order valence-electron chi connectivity index (χ2n) is 5.21. The van der Waals surface area contributed by atoms with Gasteiger partial charge in [0.1, 0.15) is 5.75 Å². The van der Waals surface area contributed by atoms with Gasteiger partial charge in [-0.05, 0) is 34.7 Å². The zero-order valence-corrected chi connectivity index (χ0v) is 12.6. The molecule has 4 heteroatoms. The molecule has 3 nitrogen and oxygen atoms in total. The first-order valence-electron chi connectivity index (χ1n) is 7.05. The molecule has 2 aromatic carbocycles. The van der Waals surface area contributed by atoms with Crippen molar-refractivity contribution in [1.82, 2.24) is 4.98 Å². The minimum atomic E-state index is 0.272. The first-order chi connectivity index (χ1) is 10.8. The predicted octanol–water partition coefficient (Wildman–Crippen LogP) is 4.28. The molecule has 0 atom stereocenters. The Hall–Kier alpha value is -2.43. The van der Waals surface area contributed by atoms with E-state index in [-0.39, 0.29) is 5.75 Å². The Morgan fingerprint density at radius 3 is 2.64 bits per heavy atom. The number of nitrogens with zero attached hydrogens (tertiary/aromatic N) is 1. The monoisotopic (exact) mass is 306 g/mol. The van der Waals surface area contributed by atoms with Crippen LogP contribution in [-0.4, -0.2) is 10.1 Å². The third kappa shape index (κ3) is 1.96. The van der Waals surface area contributed by atoms with E-state index in [0.29, 0.717) is 6.54 Å². The molecule has 0 radical (unpaired) electrons. The summed E-state index contributed by atoms with van der Waals surface area (Å²) in [4.78, 5) is 4.52. The molecule has 4 aromatic rings. The van der Waals surface area contributed by atoms with Crippen molar-refractivity contribution >= 4 is 32.3 Å². The van der Waals surface area contributed by atoms with Crippen LogP contribution >= 0.6 is 11.3 Å². The lowest BCUT2D eigenvalue weighted by Crippen LogP contribution is -1.95. The van der Waals surface area contributed by atoms with Crippen LogP contribution in [0.15, 0.2) is 54.0 Å². The number of aromatic hydroxyl groups is 1. The van der Waals surface area contributed by atoms with Crippen LogP contribution in [0, 0.1) is 0 Å². The highest BCUT2D eigenvalue weighted by Gasteiger charge is 2.13. The summed E-state index contributed by atoms with van der Waals surface area (Å²) in [5.41, 5.74) is 9.43. The van der Waals surface area contributed by atoms with E-state index in [2.05, 4.69) is 16.4 Å². The van der Waals surface area contributed by atoms with Crippen LogP contribution in [-0.2, 0) is 6.54 Å². The summed E-state index contributed by atoms with van der Waals surface area (Å²) in [5, 5.41) is 14.6. The topological polar surface area (TPSA) is 59.1 Å². The minimum absolute atomic E-state index is 0.272. The molecule has 2 heterocycles. The number of nitrogens with two attached hydrogens (primary N) is 1. The molecule has 0 saturated heterocycles. The van der Waals surface area contributed by atoms with E-state index in [1.807, 2.05) is 36.5 Å². The highest BCUT2D eigenvalue weighted by molar-refractivity contribution is 7.17. The van der Waals surface area contributed by atoms with Crippen LogP contribution in [0.5, 0.6) is 5.75 Å². The maximum atomic E-state index is 10.4. The Morgan fingerprint density at radius 2 is 1.86 bits per heavy atom. The molecule has 108 valence electrons. The highest BCUT2D eigenvalue weighted by atomic mass is 32.1. The summed E-state index contributed by atoms with van der Waals surface area (Å²) >= 11 is 1.66. The molecule has 0 fully saturated rings. The summed E-state index contributed by atoms with van der Waals surface area (Å²) in [6.45, 7) is 0.512. The molecule has 0 bridgehead atoms. The van der Waals surface area contributed by atoms with Crippen molar-refractivity contribution in [1.29, 1.82) is 0 Å². The zero-order valence-electron chi connectivity index (χ0n) is 11.8. The van der Waals surface area contributed by atoms with E-state index < -0.39 is 0 Å². The van der Waals surface area contributed by atoms with E-state index in [1.54, 1.807) is 17.4 Å². The van der Waals surface area contributed by atoms with Gasteiger partial charge in [0.2, 0.25) is 0 Å². The molecule has 0 saturated carbocycles. The van der Waals surface area contributed by atoms with Crippen LogP contribution < -0.4 is 5.73 Å². The third-order valence-electron chi connectivity index (χ3n) is 3.93. The largest absolute Gasteiger partial charge is 0.507 e. The summed E-state index contributed by atoms with van der Waals surface area (Å²) in [6, 6.07) is 13.6. The lowest BCUT2D eigenvalue weighted by atomic mass is 9.96. The standard InChI is InChI=1S/C18H14N2OS/c19-9-11-1-3-12(4-2-11)17-15(21)6-5-14-18(17)13-7-8-22-16(13)10-20-14/h1-8,10,21H,9,19H2. The normalized spacial score (nSPS) is 11.3. The molecular weight excluding hydrogens is 292 g/mol. The Balaban J connectivity index is 2.10. The van der Waals surface area contributed by atoms with Crippen molar-refractivity contribution in [3.63, 3.8) is 0 Å². The molecule has 3 N–H and O–H groups in total. The van der Waals surface area contributed by atoms with Gasteiger partial charge in [0, 0.05) is 29.1 Å². The molecule has 0 amide bonds. The van der Waals surface area contributed by atoms with Crippen LogP contribution in [0.4, 0.5) is 0 Å². The fourth-order valence-electron chi connectivity index (χ4n) is 2.82. The van der Waals surface area contributed by atoms with Crippen LogP contribution in [0.25, 0.3) is 32.1 Å². The summed E-state index contributed by atoms with van der Waals surface area (Å²) in [5.74, 6) is 0.272. The fraction of sp³-hybridized carbons (Fsp3) is 0.0556. The fourth-order valence-corrected chi connectivity index (χ4v) is 3.58. The van der Waals surface area contributed by atoms with E-state index in [1.165, 1.54) is 0 Å². The Bertz CT molecular complexity index is 974. The zero-order chi connectivity index (χ0) is 15.1. The number of benzene rings is 2. The van der Waals surface area contributed by atoms with Crippen molar-refractivity contribution in [2.24, 2.45) is 5.73 Å². The van der Waals surface area contributed by atoms with Crippen LogP contribution in [0.3, 0.4) is 0 Å². The number of fused-ring (bicyclic) bond motifs is 3. The van der Waals surface area contributed by atoms with Gasteiger partial charge in [-0.2, -0.15) is 0 Å². The molecule has 0 aliphatic heterocycles.